The number of nitrogens with zero attached hydrogens (tertiary/aromatic N) is 6. The van der Waals surface area contributed by atoms with Gasteiger partial charge in [0.1, 0.15) is 5.65 Å². The molecule has 3 N–H and O–H groups in total. The first-order valence-electron chi connectivity index (χ1n) is 12.7. The van der Waals surface area contributed by atoms with Crippen molar-refractivity contribution in [1.82, 2.24) is 24.8 Å². The summed E-state index contributed by atoms with van der Waals surface area (Å²) in [5, 5.41) is 2.64. The first kappa shape index (κ1) is 23.8. The highest BCUT2D eigenvalue weighted by molar-refractivity contribution is 7.16. The van der Waals surface area contributed by atoms with Crippen molar-refractivity contribution in [3.63, 3.8) is 0 Å². The van der Waals surface area contributed by atoms with Gasteiger partial charge in [-0.05, 0) is 75.2 Å². The normalized spacial score (nSPS) is 17.1. The highest BCUT2D eigenvalue weighted by atomic mass is 32.1. The number of rotatable bonds is 5. The minimum atomic E-state index is -0.149. The topological polar surface area (TPSA) is 107 Å². The van der Waals surface area contributed by atoms with E-state index in [1.807, 2.05) is 30.6 Å². The molecule has 5 heterocycles. The third-order valence-electron chi connectivity index (χ3n) is 7.12. The lowest BCUT2D eigenvalue weighted by Crippen LogP contribution is -2.34. The fourth-order valence-corrected chi connectivity index (χ4v) is 5.86. The van der Waals surface area contributed by atoms with Crippen LogP contribution in [-0.4, -0.2) is 69.2 Å². The van der Waals surface area contributed by atoms with E-state index < -0.39 is 0 Å². The van der Waals surface area contributed by atoms with Gasteiger partial charge in [0.2, 0.25) is 0 Å². The van der Waals surface area contributed by atoms with Crippen molar-refractivity contribution in [2.75, 3.05) is 37.7 Å². The minimum Gasteiger partial charge on any atom is -0.339 e. The first-order valence-corrected chi connectivity index (χ1v) is 13.5. The summed E-state index contributed by atoms with van der Waals surface area (Å²) in [5.74, 6) is 6.57. The zero-order chi connectivity index (χ0) is 25.4. The van der Waals surface area contributed by atoms with Crippen molar-refractivity contribution in [1.29, 1.82) is 0 Å². The summed E-state index contributed by atoms with van der Waals surface area (Å²) in [6.45, 7) is 6.11. The molecule has 4 aromatic rings. The number of nitrogens with one attached hydrogen (secondary N) is 1. The molecule has 1 saturated heterocycles. The van der Waals surface area contributed by atoms with E-state index in [-0.39, 0.29) is 6.03 Å². The number of aromatic amines is 1. The number of carbonyl (C=O) groups is 1. The molecule has 2 aliphatic heterocycles. The predicted molar refractivity (Wildman–Crippen MR) is 150 cm³/mol. The maximum Gasteiger partial charge on any atom is 0.343 e. The molecule has 0 atom stereocenters. The maximum atomic E-state index is 12.7. The van der Waals surface area contributed by atoms with Gasteiger partial charge in [-0.1, -0.05) is 6.08 Å². The second-order valence-electron chi connectivity index (χ2n) is 9.69. The number of H-pyrrole nitrogens is 1. The van der Waals surface area contributed by atoms with Gasteiger partial charge in [0.15, 0.2) is 0 Å². The molecule has 0 radical (unpaired) electrons. The quantitative estimate of drug-likeness (QED) is 0.222. The Balaban J connectivity index is 1.18. The van der Waals surface area contributed by atoms with Gasteiger partial charge >= 0.3 is 6.03 Å². The van der Waals surface area contributed by atoms with Gasteiger partial charge in [-0.2, -0.15) is 0 Å². The number of aliphatic imine (C=N–C) groups is 1. The van der Waals surface area contributed by atoms with Crippen LogP contribution in [0.1, 0.15) is 31.9 Å². The molecule has 0 spiro atoms. The summed E-state index contributed by atoms with van der Waals surface area (Å²) in [6.07, 6.45) is 7.09. The minimum absolute atomic E-state index is 0.149. The van der Waals surface area contributed by atoms with Crippen LogP contribution < -0.4 is 10.9 Å². The Kier molecular flexibility index (Phi) is 6.45. The molecule has 3 aromatic heterocycles. The number of anilines is 2. The van der Waals surface area contributed by atoms with Crippen LogP contribution in [0.3, 0.4) is 0 Å². The van der Waals surface area contributed by atoms with E-state index in [0.717, 1.165) is 70.1 Å². The van der Waals surface area contributed by atoms with Crippen molar-refractivity contribution in [3.8, 4) is 0 Å². The van der Waals surface area contributed by atoms with E-state index in [1.165, 1.54) is 18.4 Å². The fourth-order valence-electron chi connectivity index (χ4n) is 5.15. The second-order valence-corrected chi connectivity index (χ2v) is 10.6. The van der Waals surface area contributed by atoms with Crippen molar-refractivity contribution in [2.45, 2.75) is 26.2 Å². The number of aromatic nitrogens is 3. The molecule has 1 aromatic carbocycles. The number of hydrogen-bond acceptors (Lipinski definition) is 7. The Morgan fingerprint density at radius 1 is 1.19 bits per heavy atom. The van der Waals surface area contributed by atoms with Gasteiger partial charge in [0, 0.05) is 42.6 Å². The molecule has 0 unspecified atom stereocenters. The molecular weight excluding hydrogens is 484 g/mol. The summed E-state index contributed by atoms with van der Waals surface area (Å²) in [4.78, 5) is 33.6. The fraction of sp³-hybridized carbons (Fsp3) is 0.333. The number of fused-ring (bicyclic) bond motifs is 2. The number of carbonyl (C=O) groups excluding carboxylic acids is 1. The Hall–Kier alpha value is -3.60. The van der Waals surface area contributed by atoms with Crippen LogP contribution in [0, 0.1) is 0 Å². The van der Waals surface area contributed by atoms with Crippen molar-refractivity contribution < 1.29 is 4.79 Å². The van der Waals surface area contributed by atoms with Crippen LogP contribution in [0.25, 0.3) is 26.8 Å². The highest BCUT2D eigenvalue weighted by Gasteiger charge is 2.21. The zero-order valence-corrected chi connectivity index (χ0v) is 21.7. The molecule has 6 rings (SSSR count). The van der Waals surface area contributed by atoms with Crippen LogP contribution in [0.2, 0.25) is 0 Å². The lowest BCUT2D eigenvalue weighted by atomic mass is 10.0. The van der Waals surface area contributed by atoms with Crippen molar-refractivity contribution in [3.05, 3.63) is 53.8 Å². The van der Waals surface area contributed by atoms with Crippen LogP contribution in [0.5, 0.6) is 0 Å². The molecule has 2 amide bonds. The predicted octanol–water partition coefficient (Wildman–Crippen LogP) is 4.95. The summed E-state index contributed by atoms with van der Waals surface area (Å²) < 4.78 is 1.09. The van der Waals surface area contributed by atoms with Gasteiger partial charge in [-0.3, -0.25) is 9.91 Å². The summed E-state index contributed by atoms with van der Waals surface area (Å²) in [5.41, 5.74) is 8.40. The van der Waals surface area contributed by atoms with Gasteiger partial charge in [-0.25, -0.2) is 25.6 Å². The molecule has 0 aliphatic carbocycles. The second kappa shape index (κ2) is 10.0. The monoisotopic (exact) mass is 514 g/mol. The van der Waals surface area contributed by atoms with Crippen LogP contribution >= 0.6 is 11.3 Å². The smallest absolute Gasteiger partial charge is 0.339 e. The van der Waals surface area contributed by atoms with Crippen LogP contribution in [0.15, 0.2) is 53.1 Å². The molecule has 190 valence electrons. The van der Waals surface area contributed by atoms with Crippen molar-refractivity contribution >= 4 is 61.3 Å². The molecular formula is C27H30N8OS. The number of nitrogens with two attached hydrogens (primary N) is 1. The lowest BCUT2D eigenvalue weighted by molar-refractivity contribution is 0.213. The number of hydrogen-bond donors (Lipinski definition) is 2. The number of likely N-dealkylation sites (tertiary alicyclic amines) is 1. The van der Waals surface area contributed by atoms with Crippen LogP contribution in [0.4, 0.5) is 16.2 Å². The Labute approximate surface area is 219 Å². The highest BCUT2D eigenvalue weighted by Crippen LogP contribution is 2.34. The van der Waals surface area contributed by atoms with Gasteiger partial charge in [0.25, 0.3) is 0 Å². The van der Waals surface area contributed by atoms with Crippen molar-refractivity contribution in [2.24, 2.45) is 10.8 Å². The van der Waals surface area contributed by atoms with E-state index in [1.54, 1.807) is 27.4 Å². The van der Waals surface area contributed by atoms with E-state index in [9.17, 15) is 4.79 Å². The third-order valence-corrected chi connectivity index (χ3v) is 7.92. The third kappa shape index (κ3) is 4.87. The van der Waals surface area contributed by atoms with E-state index in [0.29, 0.717) is 13.1 Å². The molecule has 2 aliphatic rings. The first-order chi connectivity index (χ1) is 18.0. The summed E-state index contributed by atoms with van der Waals surface area (Å²) >= 11 is 1.60. The van der Waals surface area contributed by atoms with Gasteiger partial charge < -0.3 is 9.88 Å². The molecule has 37 heavy (non-hydrogen) atoms. The average molecular weight is 515 g/mol. The van der Waals surface area contributed by atoms with E-state index in [4.69, 9.17) is 5.84 Å². The van der Waals surface area contributed by atoms with Crippen LogP contribution in [-0.2, 0) is 0 Å². The van der Waals surface area contributed by atoms with Gasteiger partial charge in [0.05, 0.1) is 27.1 Å². The molecule has 0 saturated carbocycles. The molecule has 1 fully saturated rings. The van der Waals surface area contributed by atoms with E-state index >= 15 is 0 Å². The molecule has 9 nitrogen and oxygen atoms in total. The number of benzene rings is 1. The lowest BCUT2D eigenvalue weighted by Gasteiger charge is -2.25. The number of amides is 2. The number of pyridine rings is 1. The number of hydrazine groups is 1. The summed E-state index contributed by atoms with van der Waals surface area (Å²) in [7, 11) is 0. The summed E-state index contributed by atoms with van der Waals surface area (Å²) in [6, 6.07) is 9.90. The van der Waals surface area contributed by atoms with E-state index in [2.05, 4.69) is 43.1 Å². The maximum absolute atomic E-state index is 12.7. The largest absolute Gasteiger partial charge is 0.343 e. The Morgan fingerprint density at radius 2 is 2.05 bits per heavy atom. The number of urea groups is 1. The van der Waals surface area contributed by atoms with Gasteiger partial charge in [-0.15, -0.1) is 11.3 Å². The standard InChI is InChI=1S/C27H30N8OS/c1-18(16-33-10-2-3-11-33)31-27(36)34-12-7-19(8-13-34)23-15-21-24(6-9-29-26(21)32-23)35(28)20-4-5-22-25(14-20)37-17-30-22/h4-7,9,14-15,17H,2-3,8,10-13,16,28H2,1H3,(H,29,32). The average Bonchev–Trinajstić information content (AvgIpc) is 3.68. The zero-order valence-electron chi connectivity index (χ0n) is 20.9. The molecule has 0 bridgehead atoms. The Bertz CT molecular complexity index is 1510. The SMILES string of the molecule is CC(CN1CCCC1)=NC(=O)N1CC=C(c2cc3c(N(N)c4ccc5ncsc5c4)ccnc3[nH]2)CC1. The molecule has 10 heteroatoms. The Morgan fingerprint density at radius 3 is 2.86 bits per heavy atom. The number of thiazole rings is 1.